The topological polar surface area (TPSA) is 76.9 Å². The summed E-state index contributed by atoms with van der Waals surface area (Å²) in [6.45, 7) is 0.201. The third-order valence-corrected chi connectivity index (χ3v) is 3.43. The fraction of sp³-hybridized carbons (Fsp3) is 0.200. The van der Waals surface area contributed by atoms with Gasteiger partial charge in [-0.1, -0.05) is 6.07 Å². The lowest BCUT2D eigenvalue weighted by atomic mass is 10.3. The highest BCUT2D eigenvalue weighted by Crippen LogP contribution is 2.05. The van der Waals surface area contributed by atoms with Gasteiger partial charge in [0.2, 0.25) is 0 Å². The summed E-state index contributed by atoms with van der Waals surface area (Å²) in [5.74, 6) is 0. The molecule has 0 aliphatic carbocycles. The molecule has 0 fully saturated rings. The predicted molar refractivity (Wildman–Crippen MR) is 61.5 cm³/mol. The van der Waals surface area contributed by atoms with Gasteiger partial charge in [0.25, 0.3) is 10.0 Å². The zero-order valence-electron chi connectivity index (χ0n) is 9.24. The molecular weight excluding hydrogens is 240 g/mol. The van der Waals surface area contributed by atoms with Crippen LogP contribution in [-0.2, 0) is 23.6 Å². The van der Waals surface area contributed by atoms with Gasteiger partial charge >= 0.3 is 0 Å². The Kier molecular flexibility index (Phi) is 3.21. The minimum absolute atomic E-state index is 0.0175. The van der Waals surface area contributed by atoms with E-state index in [0.29, 0.717) is 0 Å². The monoisotopic (exact) mass is 252 g/mol. The van der Waals surface area contributed by atoms with Crippen LogP contribution in [0.3, 0.4) is 0 Å². The highest BCUT2D eigenvalue weighted by atomic mass is 32.2. The molecule has 0 saturated heterocycles. The second kappa shape index (κ2) is 4.64. The van der Waals surface area contributed by atoms with E-state index in [1.165, 1.54) is 12.5 Å². The van der Waals surface area contributed by atoms with Gasteiger partial charge in [-0.05, 0) is 11.6 Å². The van der Waals surface area contributed by atoms with Gasteiger partial charge < -0.3 is 4.57 Å². The fourth-order valence-electron chi connectivity index (χ4n) is 1.28. The fourth-order valence-corrected chi connectivity index (χ4v) is 2.28. The lowest BCUT2D eigenvalue weighted by molar-refractivity contribution is 0.578. The molecule has 0 aliphatic rings. The number of imidazole rings is 1. The molecule has 0 atom stereocenters. The number of aryl methyl sites for hydroxylation is 1. The van der Waals surface area contributed by atoms with Gasteiger partial charge in [-0.25, -0.2) is 18.1 Å². The first-order valence-electron chi connectivity index (χ1n) is 4.94. The summed E-state index contributed by atoms with van der Waals surface area (Å²) in [7, 11) is -1.83. The molecule has 0 aromatic carbocycles. The number of nitrogens with one attached hydrogen (secondary N) is 1. The average Bonchev–Trinajstić information content (AvgIpc) is 2.76. The molecule has 2 rings (SSSR count). The summed E-state index contributed by atoms with van der Waals surface area (Å²) in [5.41, 5.74) is 0.798. The number of rotatable bonds is 4. The van der Waals surface area contributed by atoms with Gasteiger partial charge in [-0.15, -0.1) is 0 Å². The van der Waals surface area contributed by atoms with Crippen molar-refractivity contribution in [2.75, 3.05) is 0 Å². The molecule has 2 aromatic heterocycles. The number of sulfonamides is 1. The van der Waals surface area contributed by atoms with E-state index in [4.69, 9.17) is 0 Å². The summed E-state index contributed by atoms with van der Waals surface area (Å²) in [5, 5.41) is 0.0175. The molecule has 0 spiro atoms. The second-order valence-electron chi connectivity index (χ2n) is 3.56. The number of hydrogen-bond acceptors (Lipinski definition) is 4. The molecule has 0 aliphatic heterocycles. The summed E-state index contributed by atoms with van der Waals surface area (Å²) in [6, 6.07) is 3.55. The van der Waals surface area contributed by atoms with E-state index in [2.05, 4.69) is 14.7 Å². The summed E-state index contributed by atoms with van der Waals surface area (Å²) >= 11 is 0. The van der Waals surface area contributed by atoms with Crippen molar-refractivity contribution in [3.05, 3.63) is 42.6 Å². The molecule has 17 heavy (non-hydrogen) atoms. The highest BCUT2D eigenvalue weighted by Gasteiger charge is 2.16. The first kappa shape index (κ1) is 11.7. The Bertz CT molecular complexity index is 592. The Labute approximate surface area is 99.4 Å². The first-order chi connectivity index (χ1) is 8.08. The van der Waals surface area contributed by atoms with Crippen molar-refractivity contribution in [2.45, 2.75) is 11.6 Å². The van der Waals surface area contributed by atoms with Crippen LogP contribution < -0.4 is 4.72 Å². The third kappa shape index (κ3) is 2.89. The summed E-state index contributed by atoms with van der Waals surface area (Å²) < 4.78 is 27.7. The van der Waals surface area contributed by atoms with Crippen LogP contribution in [0.1, 0.15) is 5.56 Å². The zero-order valence-corrected chi connectivity index (χ0v) is 10.1. The van der Waals surface area contributed by atoms with Crippen molar-refractivity contribution in [3.63, 3.8) is 0 Å². The van der Waals surface area contributed by atoms with Gasteiger partial charge in [0.1, 0.15) is 0 Å². The summed E-state index contributed by atoms with van der Waals surface area (Å²) in [4.78, 5) is 7.70. The molecule has 0 amide bonds. The SMILES string of the molecule is Cn1cnc(S(=O)(=O)NCc2cccnc2)c1. The van der Waals surface area contributed by atoms with Crippen molar-refractivity contribution in [1.82, 2.24) is 19.3 Å². The van der Waals surface area contributed by atoms with E-state index in [-0.39, 0.29) is 11.6 Å². The maximum Gasteiger partial charge on any atom is 0.259 e. The van der Waals surface area contributed by atoms with Crippen LogP contribution in [0, 0.1) is 0 Å². The number of nitrogens with zero attached hydrogens (tertiary/aromatic N) is 3. The minimum Gasteiger partial charge on any atom is -0.339 e. The largest absolute Gasteiger partial charge is 0.339 e. The van der Waals surface area contributed by atoms with E-state index in [9.17, 15) is 8.42 Å². The van der Waals surface area contributed by atoms with E-state index >= 15 is 0 Å². The number of aromatic nitrogens is 3. The average molecular weight is 252 g/mol. The summed E-state index contributed by atoms with van der Waals surface area (Å²) in [6.07, 6.45) is 6.14. The number of hydrogen-bond donors (Lipinski definition) is 1. The van der Waals surface area contributed by atoms with Gasteiger partial charge in [-0.3, -0.25) is 4.98 Å². The molecule has 0 radical (unpaired) electrons. The zero-order chi connectivity index (χ0) is 12.3. The van der Waals surface area contributed by atoms with Crippen LogP contribution >= 0.6 is 0 Å². The Balaban J connectivity index is 2.09. The molecule has 0 bridgehead atoms. The predicted octanol–water partition coefficient (Wildman–Crippen LogP) is 0.294. The normalized spacial score (nSPS) is 11.6. The maximum absolute atomic E-state index is 11.8. The van der Waals surface area contributed by atoms with Crippen molar-refractivity contribution in [2.24, 2.45) is 7.05 Å². The Morgan fingerprint density at radius 3 is 2.88 bits per heavy atom. The van der Waals surface area contributed by atoms with Crippen LogP contribution in [-0.4, -0.2) is 23.0 Å². The third-order valence-electron chi connectivity index (χ3n) is 2.15. The highest BCUT2D eigenvalue weighted by molar-refractivity contribution is 7.89. The van der Waals surface area contributed by atoms with Crippen molar-refractivity contribution in [1.29, 1.82) is 0 Å². The molecule has 1 N–H and O–H groups in total. The first-order valence-corrected chi connectivity index (χ1v) is 6.43. The molecule has 7 heteroatoms. The number of pyridine rings is 1. The van der Waals surface area contributed by atoms with Crippen LogP contribution in [0.4, 0.5) is 0 Å². The molecule has 0 unspecified atom stereocenters. The minimum atomic E-state index is -3.55. The van der Waals surface area contributed by atoms with Crippen molar-refractivity contribution < 1.29 is 8.42 Å². The molecule has 2 heterocycles. The molecule has 90 valence electrons. The molecule has 0 saturated carbocycles. The van der Waals surface area contributed by atoms with E-state index < -0.39 is 10.0 Å². The Morgan fingerprint density at radius 2 is 2.29 bits per heavy atom. The molecular formula is C10H12N4O2S. The quantitative estimate of drug-likeness (QED) is 0.848. The van der Waals surface area contributed by atoms with Crippen molar-refractivity contribution >= 4 is 10.0 Å². The van der Waals surface area contributed by atoms with Crippen molar-refractivity contribution in [3.8, 4) is 0 Å². The van der Waals surface area contributed by atoms with Crippen LogP contribution in [0.15, 0.2) is 42.1 Å². The lowest BCUT2D eigenvalue weighted by Crippen LogP contribution is -2.23. The van der Waals surface area contributed by atoms with E-state index in [0.717, 1.165) is 5.56 Å². The van der Waals surface area contributed by atoms with Gasteiger partial charge in [0.15, 0.2) is 5.03 Å². The van der Waals surface area contributed by atoms with Gasteiger partial charge in [-0.2, -0.15) is 0 Å². The Hall–Kier alpha value is -1.73. The smallest absolute Gasteiger partial charge is 0.259 e. The Morgan fingerprint density at radius 1 is 1.47 bits per heavy atom. The van der Waals surface area contributed by atoms with Crippen LogP contribution in [0.5, 0.6) is 0 Å². The van der Waals surface area contributed by atoms with Gasteiger partial charge in [0, 0.05) is 32.2 Å². The van der Waals surface area contributed by atoms with E-state index in [1.54, 1.807) is 36.1 Å². The molecule has 6 nitrogen and oxygen atoms in total. The van der Waals surface area contributed by atoms with Gasteiger partial charge in [0.05, 0.1) is 6.33 Å². The maximum atomic E-state index is 11.8. The molecule has 2 aromatic rings. The van der Waals surface area contributed by atoms with Crippen LogP contribution in [0.25, 0.3) is 0 Å². The standard InChI is InChI=1S/C10H12N4O2S/c1-14-7-10(12-8-14)17(15,16)13-6-9-3-2-4-11-5-9/h2-5,7-8,13H,6H2,1H3. The van der Waals surface area contributed by atoms with Crippen LogP contribution in [0.2, 0.25) is 0 Å². The lowest BCUT2D eigenvalue weighted by Gasteiger charge is -2.03. The second-order valence-corrected chi connectivity index (χ2v) is 5.28. The van der Waals surface area contributed by atoms with E-state index in [1.807, 2.05) is 0 Å².